The number of hydrogen-bond donors (Lipinski definition) is 1. The molecule has 1 heterocycles. The van der Waals surface area contributed by atoms with E-state index in [1.54, 1.807) is 6.08 Å². The van der Waals surface area contributed by atoms with E-state index in [2.05, 4.69) is 116 Å². The molecular weight excluding hydrogens is 597 g/mol. The fourth-order valence-corrected chi connectivity index (χ4v) is 6.09. The van der Waals surface area contributed by atoms with Gasteiger partial charge in [-0.05, 0) is 59.0 Å². The zero-order valence-electron chi connectivity index (χ0n) is 28.3. The molecule has 0 amide bonds. The molecule has 0 aliphatic rings. The highest BCUT2D eigenvalue weighted by molar-refractivity contribution is 6.12. The summed E-state index contributed by atoms with van der Waals surface area (Å²) in [5.74, 6) is 1.09. The van der Waals surface area contributed by atoms with E-state index < -0.39 is 0 Å². The molecule has 4 nitrogen and oxygen atoms in total. The molecule has 0 aliphatic carbocycles. The second-order valence-corrected chi connectivity index (χ2v) is 11.4. The van der Waals surface area contributed by atoms with Crippen LogP contribution in [0.4, 0.5) is 5.69 Å². The van der Waals surface area contributed by atoms with Crippen LogP contribution in [0.2, 0.25) is 0 Å². The van der Waals surface area contributed by atoms with Crippen LogP contribution in [0.3, 0.4) is 0 Å². The molecule has 0 radical (unpaired) electrons. The van der Waals surface area contributed by atoms with Crippen molar-refractivity contribution in [1.29, 1.82) is 5.41 Å². The van der Waals surface area contributed by atoms with Crippen molar-refractivity contribution in [2.75, 3.05) is 11.4 Å². The molecule has 1 aromatic heterocycles. The normalized spacial score (nSPS) is 11.4. The maximum atomic E-state index is 9.17. The van der Waals surface area contributed by atoms with Crippen molar-refractivity contribution in [2.45, 2.75) is 20.8 Å². The van der Waals surface area contributed by atoms with Gasteiger partial charge in [0.05, 0.1) is 11.2 Å². The van der Waals surface area contributed by atoms with Crippen molar-refractivity contribution in [3.63, 3.8) is 0 Å². The van der Waals surface area contributed by atoms with Crippen molar-refractivity contribution >= 4 is 44.0 Å². The maximum absolute atomic E-state index is 9.17. The van der Waals surface area contributed by atoms with Gasteiger partial charge in [0.1, 0.15) is 5.84 Å². The summed E-state index contributed by atoms with van der Waals surface area (Å²) in [5, 5.41) is 14.8. The lowest BCUT2D eigenvalue weighted by atomic mass is 9.97. The van der Waals surface area contributed by atoms with Crippen LogP contribution in [0.15, 0.2) is 170 Å². The molecule has 0 fully saturated rings. The number of hydrogen-bond acceptors (Lipinski definition) is 3. The Labute approximate surface area is 288 Å². The predicted octanol–water partition coefficient (Wildman–Crippen LogP) is 11.8. The van der Waals surface area contributed by atoms with Crippen LogP contribution < -0.4 is 4.90 Å². The Morgan fingerprint density at radius 2 is 1.35 bits per heavy atom. The van der Waals surface area contributed by atoms with Crippen LogP contribution in [0.5, 0.6) is 0 Å². The van der Waals surface area contributed by atoms with Crippen molar-refractivity contribution in [3.05, 3.63) is 175 Å². The van der Waals surface area contributed by atoms with Crippen LogP contribution in [-0.4, -0.2) is 22.3 Å². The Hall–Kier alpha value is -6.13. The standard InChI is InChI=1S/C43H34N4.C2H6/c1-3-5-14-30(4-2)29-47(42(44)33-17-7-6-8-18-33)35-26-23-34(24-27-35)43-45-40-37-21-12-10-16-32(37)25-28-39(40)41(46-43)38-22-13-19-31-15-9-11-20-36(31)38;1-2/h3-28,44H,1,29H2,2H3;1-2H3/b14-5-,30-4+,44-42?;. The van der Waals surface area contributed by atoms with E-state index in [-0.39, 0.29) is 0 Å². The summed E-state index contributed by atoms with van der Waals surface area (Å²) in [5.41, 5.74) is 6.68. The topological polar surface area (TPSA) is 52.9 Å². The molecule has 0 saturated carbocycles. The fourth-order valence-electron chi connectivity index (χ4n) is 6.09. The Morgan fingerprint density at radius 3 is 2.06 bits per heavy atom. The average Bonchev–Trinajstić information content (AvgIpc) is 3.18. The first-order valence-corrected chi connectivity index (χ1v) is 16.8. The zero-order chi connectivity index (χ0) is 34.2. The third-order valence-electron chi connectivity index (χ3n) is 8.55. The molecule has 7 aromatic rings. The Balaban J connectivity index is 0.00000205. The third-order valence-corrected chi connectivity index (χ3v) is 8.55. The second kappa shape index (κ2) is 15.2. The van der Waals surface area contributed by atoms with Crippen LogP contribution in [-0.2, 0) is 0 Å². The molecular formula is C45H40N4. The number of aromatic nitrogens is 2. The molecule has 0 saturated heterocycles. The minimum atomic E-state index is 0.427. The SMILES string of the molecule is C=C/C=C\C(=C/C)CN(C(=N)c1ccccc1)c1ccc(-c2nc(-c3cccc4ccccc34)c3ccc4ccccc4c3n2)cc1.CC. The summed E-state index contributed by atoms with van der Waals surface area (Å²) in [6, 6.07) is 45.6. The van der Waals surface area contributed by atoms with Gasteiger partial charge in [-0.15, -0.1) is 0 Å². The van der Waals surface area contributed by atoms with Gasteiger partial charge in [0.2, 0.25) is 0 Å². The monoisotopic (exact) mass is 636 g/mol. The highest BCUT2D eigenvalue weighted by Gasteiger charge is 2.18. The van der Waals surface area contributed by atoms with Gasteiger partial charge in [0, 0.05) is 39.7 Å². The number of fused-ring (bicyclic) bond motifs is 4. The summed E-state index contributed by atoms with van der Waals surface area (Å²) in [4.78, 5) is 12.5. The number of amidine groups is 1. The summed E-state index contributed by atoms with van der Waals surface area (Å²) in [6.07, 6.45) is 7.80. The van der Waals surface area contributed by atoms with E-state index in [1.165, 1.54) is 5.39 Å². The number of rotatable bonds is 8. The minimum Gasteiger partial charge on any atom is -0.322 e. The van der Waals surface area contributed by atoms with Gasteiger partial charge in [-0.3, -0.25) is 5.41 Å². The lowest BCUT2D eigenvalue weighted by molar-refractivity contribution is 1.08. The molecule has 240 valence electrons. The van der Waals surface area contributed by atoms with Gasteiger partial charge in [-0.1, -0.05) is 148 Å². The Bertz CT molecular complexity index is 2310. The Morgan fingerprint density at radius 1 is 0.694 bits per heavy atom. The van der Waals surface area contributed by atoms with Gasteiger partial charge >= 0.3 is 0 Å². The van der Waals surface area contributed by atoms with Gasteiger partial charge in [0.25, 0.3) is 0 Å². The average molecular weight is 637 g/mol. The third kappa shape index (κ3) is 6.81. The number of nitrogens with zero attached hydrogens (tertiary/aromatic N) is 3. The number of benzene rings is 6. The lowest BCUT2D eigenvalue weighted by Gasteiger charge is -2.26. The van der Waals surface area contributed by atoms with Crippen molar-refractivity contribution < 1.29 is 0 Å². The highest BCUT2D eigenvalue weighted by atomic mass is 15.2. The minimum absolute atomic E-state index is 0.427. The molecule has 0 bridgehead atoms. The summed E-state index contributed by atoms with van der Waals surface area (Å²) >= 11 is 0. The summed E-state index contributed by atoms with van der Waals surface area (Å²) in [6.45, 7) is 10.4. The predicted molar refractivity (Wildman–Crippen MR) is 210 cm³/mol. The smallest absolute Gasteiger partial charge is 0.160 e. The van der Waals surface area contributed by atoms with Crippen LogP contribution in [0.25, 0.3) is 55.1 Å². The highest BCUT2D eigenvalue weighted by Crippen LogP contribution is 2.36. The van der Waals surface area contributed by atoms with E-state index in [4.69, 9.17) is 9.97 Å². The van der Waals surface area contributed by atoms with Crippen molar-refractivity contribution in [3.8, 4) is 22.6 Å². The lowest BCUT2D eigenvalue weighted by Crippen LogP contribution is -2.32. The van der Waals surface area contributed by atoms with Gasteiger partial charge in [-0.2, -0.15) is 0 Å². The van der Waals surface area contributed by atoms with Gasteiger partial charge in [0.15, 0.2) is 5.82 Å². The maximum Gasteiger partial charge on any atom is 0.160 e. The number of allylic oxidation sites excluding steroid dienone is 3. The first kappa shape index (κ1) is 32.8. The quantitative estimate of drug-likeness (QED) is 0.0781. The van der Waals surface area contributed by atoms with Gasteiger partial charge < -0.3 is 4.90 Å². The van der Waals surface area contributed by atoms with Crippen molar-refractivity contribution in [2.24, 2.45) is 0 Å². The number of nitrogens with one attached hydrogen (secondary N) is 1. The van der Waals surface area contributed by atoms with E-state index >= 15 is 0 Å². The summed E-state index contributed by atoms with van der Waals surface area (Å²) < 4.78 is 0. The van der Waals surface area contributed by atoms with Crippen LogP contribution >= 0.6 is 0 Å². The summed E-state index contributed by atoms with van der Waals surface area (Å²) in [7, 11) is 0. The van der Waals surface area contributed by atoms with Gasteiger partial charge in [-0.25, -0.2) is 9.97 Å². The number of anilines is 1. The first-order valence-electron chi connectivity index (χ1n) is 16.8. The molecule has 7 rings (SSSR count). The molecule has 0 spiro atoms. The van der Waals surface area contributed by atoms with E-state index in [0.29, 0.717) is 18.2 Å². The molecule has 0 unspecified atom stereocenters. The van der Waals surface area contributed by atoms with E-state index in [1.807, 2.05) is 68.2 Å². The molecule has 1 N–H and O–H groups in total. The largest absolute Gasteiger partial charge is 0.322 e. The Kier molecular flexibility index (Phi) is 10.2. The second-order valence-electron chi connectivity index (χ2n) is 11.4. The molecule has 0 aliphatic heterocycles. The van der Waals surface area contributed by atoms with Crippen molar-refractivity contribution in [1.82, 2.24) is 9.97 Å². The molecule has 49 heavy (non-hydrogen) atoms. The molecule has 4 heteroatoms. The van der Waals surface area contributed by atoms with E-state index in [0.717, 1.165) is 60.7 Å². The molecule has 6 aromatic carbocycles. The molecule has 0 atom stereocenters. The fraction of sp³-hybridized carbons (Fsp3) is 0.0889. The van der Waals surface area contributed by atoms with E-state index in [9.17, 15) is 5.41 Å². The van der Waals surface area contributed by atoms with Crippen LogP contribution in [0.1, 0.15) is 26.3 Å². The van der Waals surface area contributed by atoms with Crippen LogP contribution in [0, 0.1) is 5.41 Å². The first-order chi connectivity index (χ1) is 24.1. The zero-order valence-corrected chi connectivity index (χ0v) is 28.3.